The second-order valence-electron chi connectivity index (χ2n) is 4.47. The molecule has 0 amide bonds. The molecule has 0 aliphatic heterocycles. The third-order valence-electron chi connectivity index (χ3n) is 2.96. The summed E-state index contributed by atoms with van der Waals surface area (Å²) in [6, 6.07) is 19.5. The Bertz CT molecular complexity index is 653. The van der Waals surface area contributed by atoms with Crippen LogP contribution in [0.15, 0.2) is 67.0 Å². The van der Waals surface area contributed by atoms with Crippen molar-refractivity contribution in [2.75, 3.05) is 16.4 Å². The quantitative estimate of drug-likeness (QED) is 0.680. The second-order valence-corrected chi connectivity index (χ2v) is 4.47. The van der Waals surface area contributed by atoms with Gasteiger partial charge in [-0.25, -0.2) is 9.97 Å². The summed E-state index contributed by atoms with van der Waals surface area (Å²) in [5.41, 5.74) is 8.46. The van der Waals surface area contributed by atoms with Gasteiger partial charge in [-0.2, -0.15) is 0 Å². The Kier molecular flexibility index (Phi) is 3.64. The van der Waals surface area contributed by atoms with Crippen molar-refractivity contribution < 1.29 is 0 Å². The topological polar surface area (TPSA) is 75.9 Å². The van der Waals surface area contributed by atoms with E-state index < -0.39 is 0 Å². The maximum atomic E-state index is 6.13. The third kappa shape index (κ3) is 3.09. The number of anilines is 5. The van der Waals surface area contributed by atoms with Crippen molar-refractivity contribution >= 4 is 28.7 Å². The second kappa shape index (κ2) is 5.92. The van der Waals surface area contributed by atoms with Gasteiger partial charge in [-0.15, -0.1) is 0 Å². The third-order valence-corrected chi connectivity index (χ3v) is 2.96. The van der Waals surface area contributed by atoms with E-state index in [2.05, 4.69) is 20.6 Å². The summed E-state index contributed by atoms with van der Waals surface area (Å²) in [4.78, 5) is 8.38. The molecule has 2 aromatic carbocycles. The van der Waals surface area contributed by atoms with E-state index in [9.17, 15) is 0 Å². The van der Waals surface area contributed by atoms with Gasteiger partial charge in [0.1, 0.15) is 12.0 Å². The molecule has 0 aliphatic carbocycles. The summed E-state index contributed by atoms with van der Waals surface area (Å²) in [6.07, 6.45) is 1.48. The molecule has 0 saturated heterocycles. The molecule has 21 heavy (non-hydrogen) atoms. The normalized spacial score (nSPS) is 10.1. The van der Waals surface area contributed by atoms with E-state index in [-0.39, 0.29) is 0 Å². The molecule has 0 bridgehead atoms. The summed E-state index contributed by atoms with van der Waals surface area (Å²) in [6.45, 7) is 0. The average molecular weight is 277 g/mol. The predicted octanol–water partition coefficient (Wildman–Crippen LogP) is 3.55. The highest BCUT2D eigenvalue weighted by atomic mass is 15.1. The summed E-state index contributed by atoms with van der Waals surface area (Å²) in [5.74, 6) is 1.16. The summed E-state index contributed by atoms with van der Waals surface area (Å²) in [7, 11) is 0. The first-order valence-electron chi connectivity index (χ1n) is 6.57. The Morgan fingerprint density at radius 2 is 1.10 bits per heavy atom. The van der Waals surface area contributed by atoms with Gasteiger partial charge in [0.05, 0.1) is 0 Å². The highest BCUT2D eigenvalue weighted by Crippen LogP contribution is 2.27. The van der Waals surface area contributed by atoms with Crippen molar-refractivity contribution in [1.82, 2.24) is 9.97 Å². The summed E-state index contributed by atoms with van der Waals surface area (Å²) < 4.78 is 0. The number of nitrogen functional groups attached to an aromatic ring is 1. The van der Waals surface area contributed by atoms with Crippen LogP contribution >= 0.6 is 0 Å². The van der Waals surface area contributed by atoms with Crippen molar-refractivity contribution in [3.63, 3.8) is 0 Å². The maximum Gasteiger partial charge on any atom is 0.159 e. The average Bonchev–Trinajstić information content (AvgIpc) is 2.53. The zero-order valence-electron chi connectivity index (χ0n) is 11.3. The molecule has 0 unspecified atom stereocenters. The molecule has 0 saturated carbocycles. The number of hydrogen-bond acceptors (Lipinski definition) is 5. The minimum absolute atomic E-state index is 0.477. The molecule has 0 aliphatic rings. The maximum absolute atomic E-state index is 6.13. The number of para-hydroxylation sites is 2. The van der Waals surface area contributed by atoms with Crippen molar-refractivity contribution in [2.45, 2.75) is 0 Å². The predicted molar refractivity (Wildman–Crippen MR) is 85.9 cm³/mol. The molecular weight excluding hydrogens is 262 g/mol. The molecule has 5 heteroatoms. The minimum atomic E-state index is 0.477. The van der Waals surface area contributed by atoms with Gasteiger partial charge in [0, 0.05) is 11.4 Å². The summed E-state index contributed by atoms with van der Waals surface area (Å²) in [5, 5.41) is 6.36. The van der Waals surface area contributed by atoms with Crippen LogP contribution in [0.1, 0.15) is 0 Å². The van der Waals surface area contributed by atoms with E-state index in [1.807, 2.05) is 60.7 Å². The fourth-order valence-corrected chi connectivity index (χ4v) is 1.91. The molecule has 5 nitrogen and oxygen atoms in total. The number of nitrogens with two attached hydrogens (primary N) is 1. The number of nitrogens with zero attached hydrogens (tertiary/aromatic N) is 2. The van der Waals surface area contributed by atoms with Crippen LogP contribution in [0.4, 0.5) is 28.7 Å². The van der Waals surface area contributed by atoms with Gasteiger partial charge in [0.25, 0.3) is 0 Å². The molecule has 0 spiro atoms. The summed E-state index contributed by atoms with van der Waals surface area (Å²) >= 11 is 0. The molecule has 104 valence electrons. The van der Waals surface area contributed by atoms with Crippen LogP contribution in [0.25, 0.3) is 0 Å². The molecule has 4 N–H and O–H groups in total. The van der Waals surface area contributed by atoms with E-state index >= 15 is 0 Å². The van der Waals surface area contributed by atoms with E-state index in [0.717, 1.165) is 11.4 Å². The molecule has 3 aromatic rings. The zero-order chi connectivity index (χ0) is 14.5. The Labute approximate surface area is 122 Å². The van der Waals surface area contributed by atoms with Crippen LogP contribution in [0.2, 0.25) is 0 Å². The van der Waals surface area contributed by atoms with Crippen LogP contribution in [-0.4, -0.2) is 9.97 Å². The Hall–Kier alpha value is -3.08. The smallest absolute Gasteiger partial charge is 0.159 e. The molecule has 3 rings (SSSR count). The largest absolute Gasteiger partial charge is 0.393 e. The first-order valence-corrected chi connectivity index (χ1v) is 6.57. The van der Waals surface area contributed by atoms with Crippen LogP contribution in [-0.2, 0) is 0 Å². The number of benzene rings is 2. The molecule has 0 atom stereocenters. The Morgan fingerprint density at radius 3 is 1.52 bits per heavy atom. The molecule has 1 aromatic heterocycles. The highest BCUT2D eigenvalue weighted by molar-refractivity contribution is 5.80. The standard InChI is InChI=1S/C16H15N5/c17-14-15(20-12-7-3-1-4-8-12)18-11-19-16(14)21-13-9-5-2-6-10-13/h1-11H,17H2,(H2,18,19,20,21). The number of rotatable bonds is 4. The van der Waals surface area contributed by atoms with Gasteiger partial charge in [0.15, 0.2) is 11.6 Å². The van der Waals surface area contributed by atoms with Gasteiger partial charge in [-0.05, 0) is 24.3 Å². The highest BCUT2D eigenvalue weighted by Gasteiger charge is 2.08. The number of hydrogen-bond donors (Lipinski definition) is 3. The fourth-order valence-electron chi connectivity index (χ4n) is 1.91. The van der Waals surface area contributed by atoms with Crippen LogP contribution in [0, 0.1) is 0 Å². The van der Waals surface area contributed by atoms with Crippen molar-refractivity contribution in [3.8, 4) is 0 Å². The fraction of sp³-hybridized carbons (Fsp3) is 0. The van der Waals surface area contributed by atoms with Crippen molar-refractivity contribution in [1.29, 1.82) is 0 Å². The Morgan fingerprint density at radius 1 is 0.667 bits per heavy atom. The Balaban J connectivity index is 1.85. The SMILES string of the molecule is Nc1c(Nc2ccccc2)ncnc1Nc1ccccc1. The van der Waals surface area contributed by atoms with Crippen LogP contribution < -0.4 is 16.4 Å². The van der Waals surface area contributed by atoms with Gasteiger partial charge in [0.2, 0.25) is 0 Å². The van der Waals surface area contributed by atoms with Gasteiger partial charge in [-0.3, -0.25) is 0 Å². The first-order chi connectivity index (χ1) is 10.3. The van der Waals surface area contributed by atoms with Gasteiger partial charge >= 0.3 is 0 Å². The van der Waals surface area contributed by atoms with E-state index in [1.165, 1.54) is 6.33 Å². The van der Waals surface area contributed by atoms with Gasteiger partial charge in [-0.1, -0.05) is 36.4 Å². The lowest BCUT2D eigenvalue weighted by molar-refractivity contribution is 1.17. The lowest BCUT2D eigenvalue weighted by atomic mass is 10.3. The van der Waals surface area contributed by atoms with E-state index in [1.54, 1.807) is 0 Å². The monoisotopic (exact) mass is 277 g/mol. The number of aromatic nitrogens is 2. The van der Waals surface area contributed by atoms with Crippen LogP contribution in [0.3, 0.4) is 0 Å². The number of nitrogens with one attached hydrogen (secondary N) is 2. The first kappa shape index (κ1) is 12.9. The lowest BCUT2D eigenvalue weighted by Gasteiger charge is -2.12. The van der Waals surface area contributed by atoms with E-state index in [4.69, 9.17) is 5.73 Å². The molecule has 1 heterocycles. The molecule has 0 radical (unpaired) electrons. The minimum Gasteiger partial charge on any atom is -0.393 e. The van der Waals surface area contributed by atoms with Crippen molar-refractivity contribution in [3.05, 3.63) is 67.0 Å². The van der Waals surface area contributed by atoms with E-state index in [0.29, 0.717) is 17.3 Å². The zero-order valence-corrected chi connectivity index (χ0v) is 11.3. The molecule has 0 fully saturated rings. The van der Waals surface area contributed by atoms with Crippen LogP contribution in [0.5, 0.6) is 0 Å². The van der Waals surface area contributed by atoms with Crippen molar-refractivity contribution in [2.24, 2.45) is 0 Å². The lowest BCUT2D eigenvalue weighted by Crippen LogP contribution is -2.05. The van der Waals surface area contributed by atoms with Gasteiger partial charge < -0.3 is 16.4 Å². The molecular formula is C16H15N5.